The molecule has 2 aliphatic heterocycles. The number of nitrogens with zero attached hydrogens (tertiary/aromatic N) is 2. The maximum absolute atomic E-state index is 6.62. The highest BCUT2D eigenvalue weighted by Crippen LogP contribution is 2.55. The van der Waals surface area contributed by atoms with Gasteiger partial charge < -0.3 is 14.2 Å². The van der Waals surface area contributed by atoms with Crippen LogP contribution < -0.4 is 26.2 Å². The van der Waals surface area contributed by atoms with Gasteiger partial charge in [0, 0.05) is 33.8 Å². The topological polar surface area (TPSA) is 19.6 Å². The summed E-state index contributed by atoms with van der Waals surface area (Å²) in [6.07, 6.45) is 3.48. The molecule has 0 fully saturated rings. The Bertz CT molecular complexity index is 3040. The third-order valence-corrected chi connectivity index (χ3v) is 15.6. The third-order valence-electron chi connectivity index (χ3n) is 15.6. The van der Waals surface area contributed by atoms with Crippen molar-refractivity contribution in [3.8, 4) is 0 Å². The average Bonchev–Trinajstić information content (AvgIpc) is 3.65. The van der Waals surface area contributed by atoms with Gasteiger partial charge in [-0.3, -0.25) is 0 Å². The number of hydrogen-bond donors (Lipinski definition) is 0. The molecular weight excluding hydrogens is 739 g/mol. The van der Waals surface area contributed by atoms with Crippen molar-refractivity contribution >= 4 is 79.2 Å². The monoisotopic (exact) mass is 800 g/mol. The molecule has 0 radical (unpaired) electrons. The summed E-state index contributed by atoms with van der Waals surface area (Å²) in [6, 6.07) is 38.0. The van der Waals surface area contributed by atoms with Crippen LogP contribution >= 0.6 is 0 Å². The van der Waals surface area contributed by atoms with Crippen LogP contribution in [0.3, 0.4) is 0 Å². The predicted molar refractivity (Wildman–Crippen MR) is 262 cm³/mol. The van der Waals surface area contributed by atoms with Crippen molar-refractivity contribution < 1.29 is 4.42 Å². The van der Waals surface area contributed by atoms with Gasteiger partial charge in [0.25, 0.3) is 6.71 Å². The van der Waals surface area contributed by atoms with E-state index >= 15 is 0 Å². The number of rotatable bonds is 2. The SMILES string of the molecule is Cc1cc2c3c(c1)N(c1cccc4oc5ccccc5c14)c1cc4c(cc1B3c1cc3c(cc1N2c1ccc(C(C)(C)C)cc1C)C(C)(C)CCC3(C)C)C(C)(C)CC4(C)C. The zero-order chi connectivity index (χ0) is 42.9. The van der Waals surface area contributed by atoms with Crippen LogP contribution in [0.1, 0.15) is 134 Å². The summed E-state index contributed by atoms with van der Waals surface area (Å²) in [5, 5.41) is 2.32. The van der Waals surface area contributed by atoms with Crippen LogP contribution in [0.5, 0.6) is 0 Å². The Morgan fingerprint density at radius 3 is 1.67 bits per heavy atom. The molecule has 4 heteroatoms. The smallest absolute Gasteiger partial charge is 0.252 e. The molecule has 0 unspecified atom stereocenters. The van der Waals surface area contributed by atoms with Crippen molar-refractivity contribution in [3.63, 3.8) is 0 Å². The van der Waals surface area contributed by atoms with Crippen molar-refractivity contribution in [1.82, 2.24) is 0 Å². The molecule has 0 saturated heterocycles. The second-order valence-electron chi connectivity index (χ2n) is 22.9. The Hall–Kier alpha value is -5.22. The highest BCUT2D eigenvalue weighted by Gasteiger charge is 2.50. The van der Waals surface area contributed by atoms with Gasteiger partial charge in [0.15, 0.2) is 0 Å². The molecule has 4 aliphatic rings. The molecule has 0 bridgehead atoms. The van der Waals surface area contributed by atoms with Crippen LogP contribution in [0.15, 0.2) is 101 Å². The van der Waals surface area contributed by atoms with Gasteiger partial charge >= 0.3 is 0 Å². The first-order chi connectivity index (χ1) is 28.7. The number of para-hydroxylation sites is 1. The van der Waals surface area contributed by atoms with Crippen molar-refractivity contribution in [2.45, 2.75) is 136 Å². The van der Waals surface area contributed by atoms with Gasteiger partial charge in [0.1, 0.15) is 11.2 Å². The second kappa shape index (κ2) is 12.2. The number of benzene rings is 6. The van der Waals surface area contributed by atoms with Gasteiger partial charge in [-0.15, -0.1) is 0 Å². The normalized spacial score (nSPS) is 18.8. The number of hydrogen-bond acceptors (Lipinski definition) is 3. The molecule has 0 N–H and O–H groups in total. The molecule has 0 spiro atoms. The molecule has 0 amide bonds. The van der Waals surface area contributed by atoms with Crippen LogP contribution in [0.2, 0.25) is 0 Å². The summed E-state index contributed by atoms with van der Waals surface area (Å²) >= 11 is 0. The van der Waals surface area contributed by atoms with Crippen LogP contribution in [0, 0.1) is 13.8 Å². The molecule has 0 saturated carbocycles. The number of furan rings is 1. The molecule has 11 rings (SSSR count). The van der Waals surface area contributed by atoms with Crippen LogP contribution in [0.4, 0.5) is 34.1 Å². The highest BCUT2D eigenvalue weighted by molar-refractivity contribution is 7.00. The molecule has 61 heavy (non-hydrogen) atoms. The first-order valence-electron chi connectivity index (χ1n) is 22.8. The van der Waals surface area contributed by atoms with Crippen LogP contribution in [-0.4, -0.2) is 6.71 Å². The Labute approximate surface area is 364 Å². The minimum absolute atomic E-state index is 0.0403. The molecule has 1 aromatic heterocycles. The fourth-order valence-corrected chi connectivity index (χ4v) is 12.5. The second-order valence-corrected chi connectivity index (χ2v) is 22.9. The van der Waals surface area contributed by atoms with E-state index in [2.05, 4.69) is 197 Å². The minimum Gasteiger partial charge on any atom is -0.456 e. The number of anilines is 6. The van der Waals surface area contributed by atoms with Crippen LogP contribution in [0.25, 0.3) is 21.9 Å². The van der Waals surface area contributed by atoms with E-state index < -0.39 is 0 Å². The summed E-state index contributed by atoms with van der Waals surface area (Å²) in [4.78, 5) is 5.29. The Morgan fingerprint density at radius 1 is 0.525 bits per heavy atom. The van der Waals surface area contributed by atoms with E-state index in [0.717, 1.165) is 28.4 Å². The molecule has 2 aliphatic carbocycles. The Morgan fingerprint density at radius 2 is 1.07 bits per heavy atom. The zero-order valence-corrected chi connectivity index (χ0v) is 38.7. The molecule has 3 heterocycles. The molecule has 7 aromatic rings. The van der Waals surface area contributed by atoms with E-state index in [9.17, 15) is 0 Å². The summed E-state index contributed by atoms with van der Waals surface area (Å²) in [5.74, 6) is 0. The van der Waals surface area contributed by atoms with Gasteiger partial charge in [0.2, 0.25) is 0 Å². The molecular formula is C57H61BN2O. The molecule has 308 valence electrons. The zero-order valence-electron chi connectivity index (χ0n) is 38.7. The van der Waals surface area contributed by atoms with Gasteiger partial charge in [-0.2, -0.15) is 0 Å². The maximum atomic E-state index is 6.62. The fraction of sp³-hybridized carbons (Fsp3) is 0.368. The van der Waals surface area contributed by atoms with E-state index in [0.29, 0.717) is 0 Å². The first-order valence-corrected chi connectivity index (χ1v) is 22.8. The summed E-state index contributed by atoms with van der Waals surface area (Å²) in [6.45, 7) is 31.4. The van der Waals surface area contributed by atoms with Gasteiger partial charge in [-0.25, -0.2) is 0 Å². The average molecular weight is 801 g/mol. The molecule has 6 aromatic carbocycles. The lowest BCUT2D eigenvalue weighted by molar-refractivity contribution is 0.332. The fourth-order valence-electron chi connectivity index (χ4n) is 12.5. The van der Waals surface area contributed by atoms with E-state index in [4.69, 9.17) is 4.42 Å². The lowest BCUT2D eigenvalue weighted by Crippen LogP contribution is -2.62. The summed E-state index contributed by atoms with van der Waals surface area (Å²) < 4.78 is 6.62. The van der Waals surface area contributed by atoms with E-state index in [-0.39, 0.29) is 33.8 Å². The Kier molecular flexibility index (Phi) is 7.76. The lowest BCUT2D eigenvalue weighted by atomic mass is 9.32. The first kappa shape index (κ1) is 38.7. The standard InChI is InChI=1S/C57H61BN2O/c1-33-25-47-52-48(26-33)60(44-18-16-20-50-51(44)36-17-14-15-19-49(36)61-50)46-31-40-38(56(10,11)32-57(40,12)13)29-42(46)58(52)41-28-37-39(55(8,9)24-23-54(37,6)7)30-45(41)59(47)43-22-21-35(27-34(43)2)53(3,4)5/h14-22,25-31H,23-24,32H2,1-13H3. The summed E-state index contributed by atoms with van der Waals surface area (Å²) in [7, 11) is 0. The van der Waals surface area contributed by atoms with Gasteiger partial charge in [-0.05, 0) is 164 Å². The number of fused-ring (bicyclic) bond motifs is 9. The predicted octanol–water partition coefficient (Wildman–Crippen LogP) is 13.9. The van der Waals surface area contributed by atoms with Crippen molar-refractivity contribution in [1.29, 1.82) is 0 Å². The van der Waals surface area contributed by atoms with E-state index in [1.165, 1.54) is 102 Å². The largest absolute Gasteiger partial charge is 0.456 e. The lowest BCUT2D eigenvalue weighted by Gasteiger charge is -2.48. The maximum Gasteiger partial charge on any atom is 0.252 e. The third kappa shape index (κ3) is 5.42. The quantitative estimate of drug-likeness (QED) is 0.162. The van der Waals surface area contributed by atoms with E-state index in [1.807, 2.05) is 0 Å². The van der Waals surface area contributed by atoms with E-state index in [1.54, 1.807) is 0 Å². The van der Waals surface area contributed by atoms with Gasteiger partial charge in [0.05, 0.1) is 11.1 Å². The van der Waals surface area contributed by atoms with Crippen molar-refractivity contribution in [3.05, 3.63) is 136 Å². The van der Waals surface area contributed by atoms with Crippen LogP contribution in [-0.2, 0) is 27.1 Å². The van der Waals surface area contributed by atoms with Crippen molar-refractivity contribution in [2.75, 3.05) is 9.80 Å². The molecule has 3 nitrogen and oxygen atoms in total. The Balaban J connectivity index is 1.30. The highest BCUT2D eigenvalue weighted by atomic mass is 16.3. The summed E-state index contributed by atoms with van der Waals surface area (Å²) in [5.41, 5.74) is 23.8. The number of aryl methyl sites for hydroxylation is 2. The van der Waals surface area contributed by atoms with Gasteiger partial charge in [-0.1, -0.05) is 125 Å². The van der Waals surface area contributed by atoms with Crippen molar-refractivity contribution in [2.24, 2.45) is 0 Å². The minimum atomic E-state index is 0.0403. The molecule has 0 atom stereocenters.